The van der Waals surface area contributed by atoms with Gasteiger partial charge in [-0.05, 0) is 37.1 Å². The minimum atomic E-state index is -0.160. The average molecular weight is 327 g/mol. The van der Waals surface area contributed by atoms with Crippen LogP contribution in [0.25, 0.3) is 0 Å². The lowest BCUT2D eigenvalue weighted by Gasteiger charge is -2.11. The maximum atomic E-state index is 12.2. The van der Waals surface area contributed by atoms with Crippen molar-refractivity contribution in [3.8, 4) is 0 Å². The number of pyridine rings is 1. The molecule has 0 atom stereocenters. The highest BCUT2D eigenvalue weighted by molar-refractivity contribution is 7.99. The molecule has 1 aromatic carbocycles. The van der Waals surface area contributed by atoms with E-state index in [2.05, 4.69) is 15.6 Å². The molecule has 23 heavy (non-hydrogen) atoms. The molecule has 0 aliphatic heterocycles. The molecule has 0 unspecified atom stereocenters. The third-order valence-electron chi connectivity index (χ3n) is 3.35. The van der Waals surface area contributed by atoms with E-state index in [-0.39, 0.29) is 23.6 Å². The standard InChI is InChI=1S/C17H17N3O2S/c21-15(11-23-16-7-3-4-10-18-16)20-14-6-2-1-5-13(14)17(22)19-12-8-9-12/h1-7,10,12H,8-9,11H2,(H,19,22)(H,20,21). The number of rotatable bonds is 6. The summed E-state index contributed by atoms with van der Waals surface area (Å²) >= 11 is 1.36. The molecular weight excluding hydrogens is 310 g/mol. The van der Waals surface area contributed by atoms with E-state index in [4.69, 9.17) is 0 Å². The summed E-state index contributed by atoms with van der Waals surface area (Å²) in [4.78, 5) is 28.5. The van der Waals surface area contributed by atoms with Crippen LogP contribution < -0.4 is 10.6 Å². The predicted molar refractivity (Wildman–Crippen MR) is 90.5 cm³/mol. The Morgan fingerprint density at radius 1 is 1.13 bits per heavy atom. The summed E-state index contributed by atoms with van der Waals surface area (Å²) < 4.78 is 0. The van der Waals surface area contributed by atoms with Crippen molar-refractivity contribution in [3.05, 3.63) is 54.2 Å². The number of hydrogen-bond acceptors (Lipinski definition) is 4. The number of carbonyl (C=O) groups is 2. The van der Waals surface area contributed by atoms with Crippen molar-refractivity contribution in [1.82, 2.24) is 10.3 Å². The minimum absolute atomic E-state index is 0.138. The Morgan fingerprint density at radius 2 is 1.91 bits per heavy atom. The Bertz CT molecular complexity index is 702. The number of hydrogen-bond donors (Lipinski definition) is 2. The van der Waals surface area contributed by atoms with Crippen LogP contribution in [0.5, 0.6) is 0 Å². The molecule has 0 spiro atoms. The van der Waals surface area contributed by atoms with Crippen LogP contribution in [0.3, 0.4) is 0 Å². The first-order chi connectivity index (χ1) is 11.2. The van der Waals surface area contributed by atoms with Crippen LogP contribution in [0.2, 0.25) is 0 Å². The SMILES string of the molecule is O=C(CSc1ccccn1)Nc1ccccc1C(=O)NC1CC1. The van der Waals surface area contributed by atoms with E-state index in [1.54, 1.807) is 30.5 Å². The summed E-state index contributed by atoms with van der Waals surface area (Å²) in [5, 5.41) is 6.54. The van der Waals surface area contributed by atoms with E-state index in [1.807, 2.05) is 18.2 Å². The van der Waals surface area contributed by atoms with E-state index in [1.165, 1.54) is 11.8 Å². The third kappa shape index (κ3) is 4.56. The lowest BCUT2D eigenvalue weighted by molar-refractivity contribution is -0.113. The molecule has 2 N–H and O–H groups in total. The normalized spacial score (nSPS) is 13.4. The molecule has 0 bridgehead atoms. The summed E-state index contributed by atoms with van der Waals surface area (Å²) in [6, 6.07) is 12.9. The molecule has 6 heteroatoms. The molecular formula is C17H17N3O2S. The lowest BCUT2D eigenvalue weighted by Crippen LogP contribution is -2.27. The molecule has 3 rings (SSSR count). The van der Waals surface area contributed by atoms with Crippen molar-refractivity contribution in [2.24, 2.45) is 0 Å². The highest BCUT2D eigenvalue weighted by Crippen LogP contribution is 2.22. The van der Waals surface area contributed by atoms with Gasteiger partial charge < -0.3 is 10.6 Å². The number of nitrogens with zero attached hydrogens (tertiary/aromatic N) is 1. The molecule has 0 saturated heterocycles. The molecule has 1 aromatic heterocycles. The third-order valence-corrected chi connectivity index (χ3v) is 4.29. The first kappa shape index (κ1) is 15.6. The van der Waals surface area contributed by atoms with Gasteiger partial charge in [-0.1, -0.05) is 30.0 Å². The Morgan fingerprint density at radius 3 is 2.65 bits per heavy atom. The number of aromatic nitrogens is 1. The van der Waals surface area contributed by atoms with Gasteiger partial charge in [0.15, 0.2) is 0 Å². The van der Waals surface area contributed by atoms with Crippen LogP contribution in [0, 0.1) is 0 Å². The molecule has 1 fully saturated rings. The number of benzene rings is 1. The van der Waals surface area contributed by atoms with Crippen molar-refractivity contribution in [3.63, 3.8) is 0 Å². The van der Waals surface area contributed by atoms with Gasteiger partial charge in [0.2, 0.25) is 5.91 Å². The number of carbonyl (C=O) groups excluding carboxylic acids is 2. The Labute approximate surface area is 138 Å². The molecule has 5 nitrogen and oxygen atoms in total. The number of amides is 2. The van der Waals surface area contributed by atoms with E-state index < -0.39 is 0 Å². The highest BCUT2D eigenvalue weighted by atomic mass is 32.2. The predicted octanol–water partition coefficient (Wildman–Crippen LogP) is 2.70. The summed E-state index contributed by atoms with van der Waals surface area (Å²) in [5.41, 5.74) is 1.04. The quantitative estimate of drug-likeness (QED) is 0.800. The first-order valence-corrected chi connectivity index (χ1v) is 8.44. The Hall–Kier alpha value is -2.34. The number of thioether (sulfide) groups is 1. The highest BCUT2D eigenvalue weighted by Gasteiger charge is 2.24. The van der Waals surface area contributed by atoms with Crippen molar-refractivity contribution in [1.29, 1.82) is 0 Å². The largest absolute Gasteiger partial charge is 0.349 e. The summed E-state index contributed by atoms with van der Waals surface area (Å²) in [5.74, 6) is -0.0524. The monoisotopic (exact) mass is 327 g/mol. The summed E-state index contributed by atoms with van der Waals surface area (Å²) in [6.45, 7) is 0. The van der Waals surface area contributed by atoms with Crippen molar-refractivity contribution >= 4 is 29.3 Å². The number of nitrogens with one attached hydrogen (secondary N) is 2. The number of anilines is 1. The maximum absolute atomic E-state index is 12.2. The molecule has 1 saturated carbocycles. The molecule has 1 aliphatic carbocycles. The fraction of sp³-hybridized carbons (Fsp3) is 0.235. The molecule has 118 valence electrons. The van der Waals surface area contributed by atoms with Crippen molar-refractivity contribution < 1.29 is 9.59 Å². The molecule has 2 amide bonds. The topological polar surface area (TPSA) is 71.1 Å². The number of para-hydroxylation sites is 1. The van der Waals surface area contributed by atoms with Gasteiger partial charge in [-0.3, -0.25) is 9.59 Å². The average Bonchev–Trinajstić information content (AvgIpc) is 3.38. The van der Waals surface area contributed by atoms with E-state index in [0.29, 0.717) is 11.3 Å². The summed E-state index contributed by atoms with van der Waals surface area (Å²) in [7, 11) is 0. The lowest BCUT2D eigenvalue weighted by atomic mass is 10.1. The second kappa shape index (κ2) is 7.28. The molecule has 1 aliphatic rings. The fourth-order valence-electron chi connectivity index (χ4n) is 2.04. The first-order valence-electron chi connectivity index (χ1n) is 7.46. The van der Waals surface area contributed by atoms with Gasteiger partial charge in [-0.15, -0.1) is 0 Å². The van der Waals surface area contributed by atoms with E-state index in [9.17, 15) is 9.59 Å². The molecule has 1 heterocycles. The van der Waals surface area contributed by atoms with Crippen LogP contribution in [0.4, 0.5) is 5.69 Å². The van der Waals surface area contributed by atoms with Crippen molar-refractivity contribution in [2.75, 3.05) is 11.1 Å². The van der Waals surface area contributed by atoms with Crippen LogP contribution in [-0.2, 0) is 4.79 Å². The molecule has 0 radical (unpaired) electrons. The van der Waals surface area contributed by atoms with E-state index in [0.717, 1.165) is 17.9 Å². The zero-order valence-corrected chi connectivity index (χ0v) is 13.3. The van der Waals surface area contributed by atoms with Gasteiger partial charge in [-0.25, -0.2) is 4.98 Å². The van der Waals surface area contributed by atoms with Gasteiger partial charge in [-0.2, -0.15) is 0 Å². The zero-order chi connectivity index (χ0) is 16.1. The van der Waals surface area contributed by atoms with Gasteiger partial charge in [0.05, 0.1) is 22.0 Å². The molecule has 2 aromatic rings. The zero-order valence-electron chi connectivity index (χ0n) is 12.5. The van der Waals surface area contributed by atoms with E-state index >= 15 is 0 Å². The second-order valence-electron chi connectivity index (χ2n) is 5.30. The second-order valence-corrected chi connectivity index (χ2v) is 6.29. The van der Waals surface area contributed by atoms with Crippen LogP contribution in [0.15, 0.2) is 53.7 Å². The van der Waals surface area contributed by atoms with Crippen LogP contribution in [-0.4, -0.2) is 28.6 Å². The Kier molecular flexibility index (Phi) is 4.92. The minimum Gasteiger partial charge on any atom is -0.349 e. The van der Waals surface area contributed by atoms with Gasteiger partial charge in [0.25, 0.3) is 5.91 Å². The van der Waals surface area contributed by atoms with Gasteiger partial charge in [0.1, 0.15) is 0 Å². The van der Waals surface area contributed by atoms with Crippen LogP contribution in [0.1, 0.15) is 23.2 Å². The van der Waals surface area contributed by atoms with Gasteiger partial charge >= 0.3 is 0 Å². The summed E-state index contributed by atoms with van der Waals surface area (Å²) in [6.07, 6.45) is 3.75. The Balaban J connectivity index is 1.60. The fourth-order valence-corrected chi connectivity index (χ4v) is 2.70. The maximum Gasteiger partial charge on any atom is 0.253 e. The van der Waals surface area contributed by atoms with Crippen molar-refractivity contribution in [2.45, 2.75) is 23.9 Å². The van der Waals surface area contributed by atoms with Gasteiger partial charge in [0, 0.05) is 12.2 Å². The van der Waals surface area contributed by atoms with Crippen LogP contribution >= 0.6 is 11.8 Å². The smallest absolute Gasteiger partial charge is 0.253 e.